The van der Waals surface area contributed by atoms with Crippen molar-refractivity contribution in [2.45, 2.75) is 26.8 Å². The summed E-state index contributed by atoms with van der Waals surface area (Å²) in [6.45, 7) is 4.34. The zero-order chi connectivity index (χ0) is 13.8. The number of carbonyl (C=O) groups excluding carboxylic acids is 1. The Kier molecular flexibility index (Phi) is 4.29. The van der Waals surface area contributed by atoms with Gasteiger partial charge in [0.15, 0.2) is 0 Å². The molecule has 4 nitrogen and oxygen atoms in total. The zero-order valence-electron chi connectivity index (χ0n) is 11.1. The van der Waals surface area contributed by atoms with Crippen molar-refractivity contribution >= 4 is 22.9 Å². The number of hydrogen-bond acceptors (Lipinski definition) is 4. The second-order valence-corrected chi connectivity index (χ2v) is 5.58. The van der Waals surface area contributed by atoms with Crippen LogP contribution in [0.3, 0.4) is 0 Å². The molecule has 3 N–H and O–H groups in total. The number of aromatic nitrogens is 1. The van der Waals surface area contributed by atoms with Crippen LogP contribution in [0.1, 0.15) is 21.1 Å². The Morgan fingerprint density at radius 1 is 1.32 bits per heavy atom. The summed E-state index contributed by atoms with van der Waals surface area (Å²) in [5.74, 6) is -0.0285. The molecular formula is C14H17N3OS. The van der Waals surface area contributed by atoms with Crippen LogP contribution in [0.25, 0.3) is 0 Å². The van der Waals surface area contributed by atoms with E-state index in [0.717, 1.165) is 21.3 Å². The summed E-state index contributed by atoms with van der Waals surface area (Å²) in [6, 6.07) is 7.75. The summed E-state index contributed by atoms with van der Waals surface area (Å²) in [5, 5.41) is 3.75. The Balaban J connectivity index is 2.00. The van der Waals surface area contributed by atoms with Gasteiger partial charge in [0.05, 0.1) is 12.1 Å². The average Bonchev–Trinajstić information content (AvgIpc) is 2.73. The largest absolute Gasteiger partial charge is 0.326 e. The van der Waals surface area contributed by atoms with E-state index < -0.39 is 0 Å². The lowest BCUT2D eigenvalue weighted by Crippen LogP contribution is -2.14. The van der Waals surface area contributed by atoms with E-state index in [2.05, 4.69) is 10.3 Å². The third-order valence-corrected chi connectivity index (χ3v) is 3.95. The first kappa shape index (κ1) is 13.7. The Hall–Kier alpha value is -1.72. The quantitative estimate of drug-likeness (QED) is 0.900. The normalized spacial score (nSPS) is 10.5. The summed E-state index contributed by atoms with van der Waals surface area (Å²) in [4.78, 5) is 17.2. The summed E-state index contributed by atoms with van der Waals surface area (Å²) < 4.78 is 0. The number of nitrogens with zero attached hydrogens (tertiary/aromatic N) is 1. The molecule has 1 aromatic carbocycles. The molecule has 0 saturated carbocycles. The SMILES string of the molecule is Cc1ccc(NC(=O)Cc2sc(CN)nc2C)cc1. The lowest BCUT2D eigenvalue weighted by Gasteiger charge is -2.04. The minimum absolute atomic E-state index is 0.0285. The van der Waals surface area contributed by atoms with Crippen molar-refractivity contribution in [2.24, 2.45) is 5.73 Å². The predicted octanol–water partition coefficient (Wildman–Crippen LogP) is 2.40. The molecule has 0 atom stereocenters. The topological polar surface area (TPSA) is 68.0 Å². The van der Waals surface area contributed by atoms with Gasteiger partial charge in [-0.05, 0) is 26.0 Å². The van der Waals surface area contributed by atoms with Crippen LogP contribution in [0, 0.1) is 13.8 Å². The molecule has 0 spiro atoms. The van der Waals surface area contributed by atoms with Crippen molar-refractivity contribution in [3.8, 4) is 0 Å². The fraction of sp³-hybridized carbons (Fsp3) is 0.286. The maximum Gasteiger partial charge on any atom is 0.229 e. The summed E-state index contributed by atoms with van der Waals surface area (Å²) >= 11 is 1.50. The first-order valence-electron chi connectivity index (χ1n) is 6.10. The van der Waals surface area contributed by atoms with Crippen molar-refractivity contribution in [3.05, 3.63) is 45.4 Å². The highest BCUT2D eigenvalue weighted by Gasteiger charge is 2.11. The monoisotopic (exact) mass is 275 g/mol. The summed E-state index contributed by atoms with van der Waals surface area (Å²) in [6.07, 6.45) is 0.345. The molecular weight excluding hydrogens is 258 g/mol. The number of anilines is 1. The molecule has 5 heteroatoms. The molecule has 2 aromatic rings. The number of carbonyl (C=O) groups is 1. The zero-order valence-corrected chi connectivity index (χ0v) is 11.9. The van der Waals surface area contributed by atoms with Gasteiger partial charge in [-0.15, -0.1) is 11.3 Å². The minimum atomic E-state index is -0.0285. The van der Waals surface area contributed by atoms with Gasteiger partial charge in [-0.2, -0.15) is 0 Å². The van der Waals surface area contributed by atoms with Gasteiger partial charge in [-0.1, -0.05) is 17.7 Å². The van der Waals surface area contributed by atoms with Crippen molar-refractivity contribution in [2.75, 3.05) is 5.32 Å². The van der Waals surface area contributed by atoms with Crippen LogP contribution in [-0.4, -0.2) is 10.9 Å². The second kappa shape index (κ2) is 5.95. The van der Waals surface area contributed by atoms with Gasteiger partial charge in [0.1, 0.15) is 5.01 Å². The van der Waals surface area contributed by atoms with Crippen LogP contribution in [0.15, 0.2) is 24.3 Å². The van der Waals surface area contributed by atoms with E-state index >= 15 is 0 Å². The Morgan fingerprint density at radius 2 is 2.00 bits per heavy atom. The maximum absolute atomic E-state index is 12.0. The Morgan fingerprint density at radius 3 is 2.58 bits per heavy atom. The maximum atomic E-state index is 12.0. The van der Waals surface area contributed by atoms with Gasteiger partial charge in [-0.25, -0.2) is 4.98 Å². The number of aryl methyl sites for hydroxylation is 2. The highest BCUT2D eigenvalue weighted by Crippen LogP contribution is 2.19. The number of nitrogens with one attached hydrogen (secondary N) is 1. The second-order valence-electron chi connectivity index (χ2n) is 4.41. The fourth-order valence-electron chi connectivity index (χ4n) is 1.73. The third-order valence-electron chi connectivity index (χ3n) is 2.77. The third kappa shape index (κ3) is 3.62. The standard InChI is InChI=1S/C14H17N3OS/c1-9-3-5-11(6-4-9)17-13(18)7-12-10(2)16-14(8-15)19-12/h3-6H,7-8,15H2,1-2H3,(H,17,18). The number of nitrogens with two attached hydrogens (primary N) is 1. The Labute approximate surface area is 116 Å². The lowest BCUT2D eigenvalue weighted by molar-refractivity contribution is -0.115. The number of benzene rings is 1. The van der Waals surface area contributed by atoms with Crippen LogP contribution in [0.2, 0.25) is 0 Å². The van der Waals surface area contributed by atoms with Gasteiger partial charge < -0.3 is 11.1 Å². The van der Waals surface area contributed by atoms with Crippen LogP contribution in [-0.2, 0) is 17.8 Å². The molecule has 0 aliphatic heterocycles. The van der Waals surface area contributed by atoms with Gasteiger partial charge in [0.2, 0.25) is 5.91 Å². The number of amides is 1. The van der Waals surface area contributed by atoms with Crippen LogP contribution in [0.4, 0.5) is 5.69 Å². The lowest BCUT2D eigenvalue weighted by atomic mass is 10.2. The van der Waals surface area contributed by atoms with Gasteiger partial charge in [0, 0.05) is 17.1 Å². The van der Waals surface area contributed by atoms with Crippen molar-refractivity contribution in [3.63, 3.8) is 0 Å². The molecule has 0 saturated heterocycles. The molecule has 1 amide bonds. The molecule has 1 heterocycles. The number of hydrogen-bond donors (Lipinski definition) is 2. The van der Waals surface area contributed by atoms with Crippen LogP contribution in [0.5, 0.6) is 0 Å². The molecule has 0 unspecified atom stereocenters. The first-order valence-corrected chi connectivity index (χ1v) is 6.92. The van der Waals surface area contributed by atoms with Crippen LogP contribution < -0.4 is 11.1 Å². The smallest absolute Gasteiger partial charge is 0.229 e. The molecule has 0 radical (unpaired) electrons. The van der Waals surface area contributed by atoms with E-state index in [1.807, 2.05) is 38.1 Å². The number of rotatable bonds is 4. The highest BCUT2D eigenvalue weighted by molar-refractivity contribution is 7.11. The fourth-order valence-corrected chi connectivity index (χ4v) is 2.67. The van der Waals surface area contributed by atoms with Crippen molar-refractivity contribution in [1.82, 2.24) is 4.98 Å². The van der Waals surface area contributed by atoms with E-state index in [4.69, 9.17) is 5.73 Å². The van der Waals surface area contributed by atoms with E-state index in [1.54, 1.807) is 0 Å². The van der Waals surface area contributed by atoms with Crippen molar-refractivity contribution in [1.29, 1.82) is 0 Å². The average molecular weight is 275 g/mol. The summed E-state index contributed by atoms with van der Waals surface area (Å²) in [7, 11) is 0. The highest BCUT2D eigenvalue weighted by atomic mass is 32.1. The first-order chi connectivity index (χ1) is 9.08. The molecule has 2 rings (SSSR count). The minimum Gasteiger partial charge on any atom is -0.326 e. The van der Waals surface area contributed by atoms with Gasteiger partial charge in [-0.3, -0.25) is 4.79 Å². The molecule has 19 heavy (non-hydrogen) atoms. The molecule has 0 fully saturated rings. The van der Waals surface area contributed by atoms with Gasteiger partial charge >= 0.3 is 0 Å². The molecule has 0 bridgehead atoms. The van der Waals surface area contributed by atoms with E-state index in [0.29, 0.717) is 13.0 Å². The molecule has 0 aliphatic carbocycles. The van der Waals surface area contributed by atoms with Gasteiger partial charge in [0.25, 0.3) is 0 Å². The predicted molar refractivity (Wildman–Crippen MR) is 78.3 cm³/mol. The molecule has 100 valence electrons. The van der Waals surface area contributed by atoms with E-state index in [9.17, 15) is 4.79 Å². The summed E-state index contributed by atoms with van der Waals surface area (Å²) in [5.41, 5.74) is 8.43. The molecule has 0 aliphatic rings. The molecule has 1 aromatic heterocycles. The van der Waals surface area contributed by atoms with Crippen molar-refractivity contribution < 1.29 is 4.79 Å². The van der Waals surface area contributed by atoms with E-state index in [-0.39, 0.29) is 5.91 Å². The van der Waals surface area contributed by atoms with Crippen LogP contribution >= 0.6 is 11.3 Å². The Bertz CT molecular complexity index is 575. The van der Waals surface area contributed by atoms with E-state index in [1.165, 1.54) is 16.9 Å². The number of thiazole rings is 1.